The van der Waals surface area contributed by atoms with Gasteiger partial charge in [0.15, 0.2) is 0 Å². The fourth-order valence-corrected chi connectivity index (χ4v) is 3.11. The van der Waals surface area contributed by atoms with E-state index in [1.807, 2.05) is 23.9 Å². The summed E-state index contributed by atoms with van der Waals surface area (Å²) in [5.74, 6) is 2.44. The largest absolute Gasteiger partial charge is 0.325 e. The maximum absolute atomic E-state index is 11.5. The first-order valence-electron chi connectivity index (χ1n) is 6.61. The maximum Gasteiger partial charge on any atom is 0.238 e. The third-order valence-corrected chi connectivity index (χ3v) is 4.00. The second kappa shape index (κ2) is 9.23. The van der Waals surface area contributed by atoms with Crippen molar-refractivity contribution >= 4 is 35.8 Å². The highest BCUT2D eigenvalue weighted by Crippen LogP contribution is 2.15. The van der Waals surface area contributed by atoms with E-state index in [1.165, 1.54) is 17.1 Å². The molecule has 112 valence electrons. The molecule has 0 atom stereocenters. The summed E-state index contributed by atoms with van der Waals surface area (Å²) >= 11 is 2.02. The van der Waals surface area contributed by atoms with Crippen molar-refractivity contribution in [2.24, 2.45) is 0 Å². The van der Waals surface area contributed by atoms with E-state index in [-0.39, 0.29) is 18.3 Å². The summed E-state index contributed by atoms with van der Waals surface area (Å²) in [4.78, 5) is 14.0. The van der Waals surface area contributed by atoms with E-state index in [2.05, 4.69) is 27.7 Å². The highest BCUT2D eigenvalue weighted by atomic mass is 35.5. The van der Waals surface area contributed by atoms with Gasteiger partial charge in [0.05, 0.1) is 6.54 Å². The van der Waals surface area contributed by atoms with Gasteiger partial charge in [-0.2, -0.15) is 11.8 Å². The molecule has 20 heavy (non-hydrogen) atoms. The number of hydrogen-bond acceptors (Lipinski definition) is 4. The molecule has 0 aromatic heterocycles. The summed E-state index contributed by atoms with van der Waals surface area (Å²) in [6, 6.07) is 8.12. The Kier molecular flexibility index (Phi) is 7.99. The first kappa shape index (κ1) is 17.3. The quantitative estimate of drug-likeness (QED) is 0.870. The van der Waals surface area contributed by atoms with Crippen molar-refractivity contribution in [1.82, 2.24) is 10.2 Å². The fourth-order valence-electron chi connectivity index (χ4n) is 2.13. The second-order valence-corrected chi connectivity index (χ2v) is 5.89. The lowest BCUT2D eigenvalue weighted by atomic mass is 10.2. The number of amides is 1. The van der Waals surface area contributed by atoms with Crippen LogP contribution in [0.3, 0.4) is 0 Å². The predicted molar refractivity (Wildman–Crippen MR) is 88.8 cm³/mol. The van der Waals surface area contributed by atoms with Crippen molar-refractivity contribution in [1.29, 1.82) is 0 Å². The van der Waals surface area contributed by atoms with Crippen LogP contribution in [0.2, 0.25) is 0 Å². The molecular weight excluding hydrogens is 294 g/mol. The summed E-state index contributed by atoms with van der Waals surface area (Å²) in [5, 5.41) is 5.74. The van der Waals surface area contributed by atoms with Gasteiger partial charge in [-0.25, -0.2) is 0 Å². The molecule has 1 heterocycles. The molecule has 0 saturated carbocycles. The van der Waals surface area contributed by atoms with Gasteiger partial charge in [0.1, 0.15) is 0 Å². The number of halogens is 1. The molecule has 1 aromatic rings. The Bertz CT molecular complexity index is 425. The zero-order valence-electron chi connectivity index (χ0n) is 11.7. The third kappa shape index (κ3) is 5.71. The zero-order valence-corrected chi connectivity index (χ0v) is 13.4. The minimum absolute atomic E-state index is 0. The number of nitrogens with one attached hydrogen (secondary N) is 2. The standard InChI is InChI=1S/C14H21N3OS.ClH/c1-15-10-14(18)16-13-4-2-3-12(9-13)11-17-5-7-19-8-6-17;/h2-4,9,15H,5-8,10-11H2,1H3,(H,16,18);1H. The smallest absolute Gasteiger partial charge is 0.238 e. The first-order chi connectivity index (χ1) is 9.28. The van der Waals surface area contributed by atoms with Gasteiger partial charge in [-0.1, -0.05) is 12.1 Å². The number of nitrogens with zero attached hydrogens (tertiary/aromatic N) is 1. The summed E-state index contributed by atoms with van der Waals surface area (Å²) in [5.41, 5.74) is 2.14. The molecular formula is C14H22ClN3OS. The van der Waals surface area contributed by atoms with Crippen molar-refractivity contribution in [3.8, 4) is 0 Å². The number of thioether (sulfide) groups is 1. The second-order valence-electron chi connectivity index (χ2n) is 4.67. The minimum atomic E-state index is -0.00553. The SMILES string of the molecule is CNCC(=O)Nc1cccc(CN2CCSCC2)c1.Cl. The average molecular weight is 316 g/mol. The molecule has 0 aliphatic carbocycles. The number of rotatable bonds is 5. The normalized spacial score (nSPS) is 15.4. The highest BCUT2D eigenvalue weighted by Gasteiger charge is 2.11. The van der Waals surface area contributed by atoms with E-state index in [9.17, 15) is 4.79 Å². The maximum atomic E-state index is 11.5. The fraction of sp³-hybridized carbons (Fsp3) is 0.500. The number of carbonyl (C=O) groups excluding carboxylic acids is 1. The van der Waals surface area contributed by atoms with Crippen LogP contribution in [-0.2, 0) is 11.3 Å². The van der Waals surface area contributed by atoms with Crippen molar-refractivity contribution in [3.05, 3.63) is 29.8 Å². The number of anilines is 1. The van der Waals surface area contributed by atoms with Crippen molar-refractivity contribution in [2.75, 3.05) is 43.5 Å². The summed E-state index contributed by atoms with van der Waals surface area (Å²) in [6.07, 6.45) is 0. The van der Waals surface area contributed by atoms with Crippen LogP contribution in [0.15, 0.2) is 24.3 Å². The Morgan fingerprint density at radius 1 is 1.35 bits per heavy atom. The van der Waals surface area contributed by atoms with Gasteiger partial charge in [-0.05, 0) is 24.7 Å². The minimum Gasteiger partial charge on any atom is -0.325 e. The van der Waals surface area contributed by atoms with Crippen LogP contribution >= 0.6 is 24.2 Å². The van der Waals surface area contributed by atoms with Crippen LogP contribution in [-0.4, -0.2) is 49.0 Å². The zero-order chi connectivity index (χ0) is 13.5. The Morgan fingerprint density at radius 3 is 2.80 bits per heavy atom. The van der Waals surface area contributed by atoms with Gasteiger partial charge in [0.25, 0.3) is 0 Å². The molecule has 1 aliphatic rings. The number of benzene rings is 1. The van der Waals surface area contributed by atoms with Crippen molar-refractivity contribution in [2.45, 2.75) is 6.54 Å². The summed E-state index contributed by atoms with van der Waals surface area (Å²) in [6.45, 7) is 3.62. The van der Waals surface area contributed by atoms with E-state index < -0.39 is 0 Å². The number of hydrogen-bond donors (Lipinski definition) is 2. The third-order valence-electron chi connectivity index (χ3n) is 3.06. The molecule has 1 aromatic carbocycles. The van der Waals surface area contributed by atoms with Gasteiger partial charge in [0.2, 0.25) is 5.91 Å². The molecule has 1 fully saturated rings. The van der Waals surface area contributed by atoms with Crippen molar-refractivity contribution < 1.29 is 4.79 Å². The highest BCUT2D eigenvalue weighted by molar-refractivity contribution is 7.99. The summed E-state index contributed by atoms with van der Waals surface area (Å²) < 4.78 is 0. The molecule has 0 radical (unpaired) electrons. The Morgan fingerprint density at radius 2 is 2.10 bits per heavy atom. The van der Waals surface area contributed by atoms with Gasteiger partial charge in [-0.3, -0.25) is 9.69 Å². The van der Waals surface area contributed by atoms with Crippen LogP contribution in [0.4, 0.5) is 5.69 Å². The van der Waals surface area contributed by atoms with E-state index in [4.69, 9.17) is 0 Å². The Hall–Kier alpha value is -0.750. The van der Waals surface area contributed by atoms with Gasteiger partial charge < -0.3 is 10.6 Å². The molecule has 1 amide bonds. The molecule has 1 saturated heterocycles. The summed E-state index contributed by atoms with van der Waals surface area (Å²) in [7, 11) is 1.77. The average Bonchev–Trinajstić information content (AvgIpc) is 2.40. The van der Waals surface area contributed by atoms with E-state index in [1.54, 1.807) is 7.05 Å². The monoisotopic (exact) mass is 315 g/mol. The van der Waals surface area contributed by atoms with E-state index in [0.717, 1.165) is 25.3 Å². The van der Waals surface area contributed by atoms with Gasteiger partial charge >= 0.3 is 0 Å². The molecule has 4 nitrogen and oxygen atoms in total. The topological polar surface area (TPSA) is 44.4 Å². The van der Waals surface area contributed by atoms with Gasteiger partial charge in [-0.15, -0.1) is 12.4 Å². The lowest BCUT2D eigenvalue weighted by Crippen LogP contribution is -2.32. The van der Waals surface area contributed by atoms with E-state index >= 15 is 0 Å². The van der Waals surface area contributed by atoms with Crippen LogP contribution in [0, 0.1) is 0 Å². The van der Waals surface area contributed by atoms with Crippen LogP contribution in [0.25, 0.3) is 0 Å². The molecule has 2 rings (SSSR count). The Labute approximate surface area is 131 Å². The number of carbonyl (C=O) groups is 1. The Balaban J connectivity index is 0.00000200. The molecule has 1 aliphatic heterocycles. The molecule has 2 N–H and O–H groups in total. The number of likely N-dealkylation sites (N-methyl/N-ethyl adjacent to an activating group) is 1. The van der Waals surface area contributed by atoms with Crippen molar-refractivity contribution in [3.63, 3.8) is 0 Å². The van der Waals surface area contributed by atoms with E-state index in [0.29, 0.717) is 6.54 Å². The molecule has 0 unspecified atom stereocenters. The van der Waals surface area contributed by atoms with Crippen LogP contribution in [0.1, 0.15) is 5.56 Å². The molecule has 0 spiro atoms. The van der Waals surface area contributed by atoms with Crippen LogP contribution in [0.5, 0.6) is 0 Å². The lowest BCUT2D eigenvalue weighted by Gasteiger charge is -2.26. The van der Waals surface area contributed by atoms with Crippen LogP contribution < -0.4 is 10.6 Å². The van der Waals surface area contributed by atoms with Gasteiger partial charge in [0, 0.05) is 36.8 Å². The lowest BCUT2D eigenvalue weighted by molar-refractivity contribution is -0.115. The predicted octanol–water partition coefficient (Wildman–Crippen LogP) is 1.82. The first-order valence-corrected chi connectivity index (χ1v) is 7.77. The molecule has 0 bridgehead atoms. The molecule has 6 heteroatoms.